The van der Waals surface area contributed by atoms with Crippen molar-refractivity contribution >= 4 is 55.3 Å². The van der Waals surface area contributed by atoms with Gasteiger partial charge in [-0.25, -0.2) is 0 Å². The Labute approximate surface area is 578 Å². The number of rotatable bonds is 31. The summed E-state index contributed by atoms with van der Waals surface area (Å²) < 4.78 is 397. The van der Waals surface area contributed by atoms with Crippen LogP contribution in [0.3, 0.4) is 0 Å². The average Bonchev–Trinajstić information content (AvgIpc) is 0.707. The van der Waals surface area contributed by atoms with E-state index in [1.165, 1.54) is 0 Å². The molecule has 9 nitrogen and oxygen atoms in total. The summed E-state index contributed by atoms with van der Waals surface area (Å²) in [5.74, 6) is 2.47. The number of halogens is 24. The average molecular weight is 1570 g/mol. The molecule has 0 saturated carbocycles. The van der Waals surface area contributed by atoms with Crippen molar-refractivity contribution in [2.45, 2.75) is 70.2 Å². The summed E-state index contributed by atoms with van der Waals surface area (Å²) in [5, 5.41) is 0. The molecule has 0 N–H and O–H groups in total. The molecule has 0 saturated heterocycles. The molecule has 0 aromatic heterocycles. The van der Waals surface area contributed by atoms with Gasteiger partial charge in [0.1, 0.15) is 6.15 Å². The number of benzene rings is 7. The zero-order valence-corrected chi connectivity index (χ0v) is 55.9. The number of alkyl halides is 24. The maximum Gasteiger partial charge on any atom is 0.416 e. The second-order valence-corrected chi connectivity index (χ2v) is 25.9. The molecule has 0 heterocycles. The van der Waals surface area contributed by atoms with E-state index in [1.807, 2.05) is 57.2 Å². The molecule has 0 atom stereocenters. The zero-order valence-electron chi connectivity index (χ0n) is 54.2. The summed E-state index contributed by atoms with van der Waals surface area (Å²) in [4.78, 5) is 0. The molecule has 7 aromatic carbocycles. The Bertz CT molecular complexity index is 3250. The van der Waals surface area contributed by atoms with Gasteiger partial charge in [0.05, 0.1) is 44.5 Å². The van der Waals surface area contributed by atoms with Crippen molar-refractivity contribution in [3.8, 4) is 17.2 Å². The second kappa shape index (κ2) is 36.1. The molecule has 7 aromatic rings. The van der Waals surface area contributed by atoms with E-state index in [2.05, 4.69) is 36.4 Å². The van der Waals surface area contributed by atoms with Crippen LogP contribution in [-0.4, -0.2) is 119 Å². The Kier molecular flexibility index (Phi) is 29.6. The van der Waals surface area contributed by atoms with E-state index in [1.54, 1.807) is 0 Å². The molecule has 0 aliphatic rings. The first-order chi connectivity index (χ1) is 48.1. The van der Waals surface area contributed by atoms with E-state index in [-0.39, 0.29) is 0 Å². The van der Waals surface area contributed by atoms with Gasteiger partial charge in [0.15, 0.2) is 0 Å². The van der Waals surface area contributed by atoms with Crippen LogP contribution in [0.25, 0.3) is 0 Å². The van der Waals surface area contributed by atoms with Gasteiger partial charge in [-0.05, 0) is 24.3 Å². The van der Waals surface area contributed by atoms with Gasteiger partial charge < -0.3 is 0 Å². The normalized spacial score (nSPS) is 12.9. The fourth-order valence-electron chi connectivity index (χ4n) is 10.4. The number of ether oxygens (including phenoxy) is 9. The molecule has 566 valence electrons. The minimum Gasteiger partial charge on any atom is -0.194 e. The molecule has 0 amide bonds. The van der Waals surface area contributed by atoms with E-state index >= 15 is 0 Å². The smallest absolute Gasteiger partial charge is 0.194 e. The van der Waals surface area contributed by atoms with Crippen LogP contribution in [0.4, 0.5) is 105 Å². The molecule has 0 bridgehead atoms. The summed E-state index contributed by atoms with van der Waals surface area (Å²) >= 11 is -2.01. The topological polar surface area (TPSA) is 83.1 Å². The summed E-state index contributed by atoms with van der Waals surface area (Å²) in [5.41, 5.74) is -30.2. The minimum absolute atomic E-state index is 0.427. The van der Waals surface area contributed by atoms with Gasteiger partial charge in [-0.15, -0.1) is 0 Å². The van der Waals surface area contributed by atoms with E-state index in [0.717, 1.165) is 30.6 Å². The molecule has 0 radical (unpaired) electrons. The van der Waals surface area contributed by atoms with Gasteiger partial charge in [0.25, 0.3) is 0 Å². The van der Waals surface area contributed by atoms with Crippen molar-refractivity contribution < 1.29 is 148 Å². The summed E-state index contributed by atoms with van der Waals surface area (Å²) in [6.45, 7) is 14.0. The van der Waals surface area contributed by atoms with Crippen LogP contribution in [0.2, 0.25) is 0 Å². The fraction of sp³-hybridized carbons (Fsp3) is 0.382. The molecule has 35 heteroatoms. The van der Waals surface area contributed by atoms with Crippen LogP contribution in [0.5, 0.6) is 17.2 Å². The zero-order chi connectivity index (χ0) is 76.4. The molecule has 0 aliphatic heterocycles. The van der Waals surface area contributed by atoms with Gasteiger partial charge in [-0.1, -0.05) is 48.5 Å². The van der Waals surface area contributed by atoms with E-state index in [4.69, 9.17) is 42.6 Å². The SMILES string of the molecule is CCOCCOCCOc1ccccc1[Se+](c1ccccc1OCCOCCOCC)c1ccccc1OCCOCCOCC.FC(F)(F)c1cc([B-](c2cc(C(F)(F)F)cc(C(F)(F)F)c2)(c2cc(C(F)(F)F)cc(C(F)(F)F)c2)c2cc(C(F)(F)F)cc(C(F)(F)F)c2)cc(C(F)(F)F)c1. The number of hydrogen-bond donors (Lipinski definition) is 0. The maximum absolute atomic E-state index is 14.2. The van der Waals surface area contributed by atoms with Gasteiger partial charge in [-0.3, -0.25) is 0 Å². The van der Waals surface area contributed by atoms with Crippen molar-refractivity contribution in [2.75, 3.05) is 99.1 Å². The predicted octanol–water partition coefficient (Wildman–Crippen LogP) is 14.7. The molecule has 7 rings (SSSR count). The van der Waals surface area contributed by atoms with Crippen molar-refractivity contribution in [2.24, 2.45) is 0 Å². The van der Waals surface area contributed by atoms with Crippen LogP contribution < -0.4 is 49.4 Å². The van der Waals surface area contributed by atoms with Gasteiger partial charge in [-0.2, -0.15) is 127 Å². The molecule has 0 unspecified atom stereocenters. The summed E-state index contributed by atoms with van der Waals surface area (Å²) in [6, 6.07) is 15.9. The van der Waals surface area contributed by atoms with E-state index < -0.39 is 209 Å². The Hall–Kier alpha value is -7.40. The third-order valence-electron chi connectivity index (χ3n) is 14.8. The van der Waals surface area contributed by atoms with Crippen LogP contribution in [0, 0.1) is 0 Å². The first-order valence-corrected chi connectivity index (χ1v) is 33.3. The number of hydrogen-bond acceptors (Lipinski definition) is 9. The van der Waals surface area contributed by atoms with Gasteiger partial charge >= 0.3 is 329 Å². The predicted molar refractivity (Wildman–Crippen MR) is 332 cm³/mol. The van der Waals surface area contributed by atoms with Gasteiger partial charge in [0, 0.05) is 0 Å². The second-order valence-electron chi connectivity index (χ2n) is 21.8. The molecular formula is C68H63BF24O9Se. The molecule has 0 aliphatic carbocycles. The molecule has 0 fully saturated rings. The summed E-state index contributed by atoms with van der Waals surface area (Å²) in [6.07, 6.45) is -54.8. The third-order valence-corrected chi connectivity index (χ3v) is 19.7. The van der Waals surface area contributed by atoms with Crippen LogP contribution in [0.15, 0.2) is 146 Å². The van der Waals surface area contributed by atoms with Crippen LogP contribution in [0.1, 0.15) is 65.3 Å². The van der Waals surface area contributed by atoms with Crippen LogP contribution in [-0.2, 0) is 77.8 Å². The van der Waals surface area contributed by atoms with Gasteiger partial charge in [0.2, 0.25) is 0 Å². The number of para-hydroxylation sites is 3. The standard InChI is InChI=1S/C36H51O9Se.C32H12BF24/c1-4-37-19-22-40-25-28-43-31-13-7-10-16-34(31)46(35-17-11-8-14-32(35)44-29-26-41-23-20-38-5-2)36-18-12-9-15-33(36)45-30-27-42-24-21-39-6-3;34-25(35,36)13-1-14(26(37,38)39)6-21(5-13)33(22-7-15(27(40,41)42)2-16(8-22)28(43,44)45,23-9-17(29(46,47)48)3-18(10-23)30(49,50)51)24-11-19(31(52,53)54)4-20(12-24)32(55,56)57/h7-18H,4-6,19-30H2,1-3H3;1-12H/q+1;-1. The fourth-order valence-corrected chi connectivity index (χ4v) is 15.3. The maximum atomic E-state index is 14.2. The Morgan fingerprint density at radius 1 is 0.243 bits per heavy atom. The Morgan fingerprint density at radius 3 is 0.602 bits per heavy atom. The Balaban J connectivity index is 0.000000331. The molecule has 0 spiro atoms. The summed E-state index contributed by atoms with van der Waals surface area (Å²) in [7, 11) is 0. The largest absolute Gasteiger partial charge is 0.416 e. The minimum atomic E-state index is -6.13. The third kappa shape index (κ3) is 23.8. The monoisotopic (exact) mass is 1570 g/mol. The molecular weight excluding hydrogens is 1510 g/mol. The van der Waals surface area contributed by atoms with Crippen molar-refractivity contribution in [1.29, 1.82) is 0 Å². The first-order valence-electron chi connectivity index (χ1n) is 30.8. The first kappa shape index (κ1) is 84.5. The molecule has 103 heavy (non-hydrogen) atoms. The van der Waals surface area contributed by atoms with Crippen molar-refractivity contribution in [3.63, 3.8) is 0 Å². The van der Waals surface area contributed by atoms with E-state index in [9.17, 15) is 105 Å². The van der Waals surface area contributed by atoms with Crippen molar-refractivity contribution in [1.82, 2.24) is 0 Å². The van der Waals surface area contributed by atoms with Crippen molar-refractivity contribution in [3.05, 3.63) is 190 Å². The Morgan fingerprint density at radius 2 is 0.417 bits per heavy atom. The van der Waals surface area contributed by atoms with Crippen LogP contribution >= 0.6 is 0 Å². The van der Waals surface area contributed by atoms with E-state index in [0.29, 0.717) is 99.1 Å². The quantitative estimate of drug-likeness (QED) is 0.0240.